The van der Waals surface area contributed by atoms with E-state index in [9.17, 15) is 10.1 Å². The highest BCUT2D eigenvalue weighted by Crippen LogP contribution is 2.20. The quantitative estimate of drug-likeness (QED) is 0.448. The van der Waals surface area contributed by atoms with Crippen molar-refractivity contribution in [1.29, 1.82) is 5.26 Å². The first-order valence-electron chi connectivity index (χ1n) is 8.42. The number of nitrogens with zero attached hydrogens (tertiary/aromatic N) is 3. The number of anilines is 1. The zero-order valence-corrected chi connectivity index (χ0v) is 15.1. The zero-order chi connectivity index (χ0) is 19.9. The minimum atomic E-state index is -0.538. The van der Waals surface area contributed by atoms with Gasteiger partial charge in [-0.2, -0.15) is 10.4 Å². The molecule has 0 saturated carbocycles. The van der Waals surface area contributed by atoms with Crippen LogP contribution in [-0.4, -0.2) is 23.3 Å². The van der Waals surface area contributed by atoms with Crippen LogP contribution in [0.5, 0.6) is 5.75 Å². The number of nitrogens with one attached hydrogen (secondary N) is 2. The van der Waals surface area contributed by atoms with E-state index < -0.39 is 5.56 Å². The van der Waals surface area contributed by atoms with Gasteiger partial charge in [-0.1, -0.05) is 30.3 Å². The first-order valence-corrected chi connectivity index (χ1v) is 8.42. The number of nitriles is 1. The number of rotatable bonds is 6. The molecule has 8 heteroatoms. The van der Waals surface area contributed by atoms with Crippen molar-refractivity contribution in [3.63, 3.8) is 0 Å². The third-order valence-electron chi connectivity index (χ3n) is 3.99. The number of ether oxygens (including phenoxy) is 1. The van der Waals surface area contributed by atoms with Crippen LogP contribution in [0.3, 0.4) is 0 Å². The SMILES string of the molecule is COc1ccc(C=NNc2nc(-c3ccccc3)c(C#N)c(=O)[nH]2)cc1CN. The lowest BCUT2D eigenvalue weighted by Gasteiger charge is -2.07. The van der Waals surface area contributed by atoms with Crippen LogP contribution >= 0.6 is 0 Å². The lowest BCUT2D eigenvalue weighted by atomic mass is 10.1. The maximum Gasteiger partial charge on any atom is 0.270 e. The van der Waals surface area contributed by atoms with Crippen molar-refractivity contribution in [3.05, 3.63) is 75.6 Å². The zero-order valence-electron chi connectivity index (χ0n) is 15.1. The summed E-state index contributed by atoms with van der Waals surface area (Å²) in [4.78, 5) is 19.0. The van der Waals surface area contributed by atoms with E-state index in [4.69, 9.17) is 10.5 Å². The Morgan fingerprint density at radius 3 is 2.79 bits per heavy atom. The lowest BCUT2D eigenvalue weighted by Crippen LogP contribution is -2.16. The topological polar surface area (TPSA) is 129 Å². The number of hydrogen-bond acceptors (Lipinski definition) is 7. The summed E-state index contributed by atoms with van der Waals surface area (Å²) in [5, 5.41) is 13.4. The molecule has 0 amide bonds. The third kappa shape index (κ3) is 4.06. The molecule has 4 N–H and O–H groups in total. The van der Waals surface area contributed by atoms with E-state index in [1.807, 2.05) is 36.4 Å². The smallest absolute Gasteiger partial charge is 0.270 e. The highest BCUT2D eigenvalue weighted by molar-refractivity contribution is 5.81. The Morgan fingerprint density at radius 2 is 2.11 bits per heavy atom. The van der Waals surface area contributed by atoms with E-state index in [-0.39, 0.29) is 11.5 Å². The van der Waals surface area contributed by atoms with Gasteiger partial charge in [-0.3, -0.25) is 9.78 Å². The lowest BCUT2D eigenvalue weighted by molar-refractivity contribution is 0.410. The van der Waals surface area contributed by atoms with Crippen LogP contribution < -0.4 is 21.5 Å². The number of aromatic amines is 1. The first-order chi connectivity index (χ1) is 13.7. The molecule has 8 nitrogen and oxygen atoms in total. The van der Waals surface area contributed by atoms with Gasteiger partial charge < -0.3 is 10.5 Å². The molecule has 2 aromatic carbocycles. The Balaban J connectivity index is 1.87. The summed E-state index contributed by atoms with van der Waals surface area (Å²) in [6.07, 6.45) is 1.57. The molecule has 3 aromatic rings. The molecule has 0 fully saturated rings. The van der Waals surface area contributed by atoms with E-state index >= 15 is 0 Å². The Hall–Kier alpha value is -3.96. The van der Waals surface area contributed by atoms with Gasteiger partial charge in [0.2, 0.25) is 5.95 Å². The summed E-state index contributed by atoms with van der Waals surface area (Å²) < 4.78 is 5.24. The molecule has 0 bridgehead atoms. The molecule has 0 aliphatic heterocycles. The maximum absolute atomic E-state index is 12.2. The second-order valence-corrected chi connectivity index (χ2v) is 5.76. The summed E-state index contributed by atoms with van der Waals surface area (Å²) >= 11 is 0. The van der Waals surface area contributed by atoms with Crippen molar-refractivity contribution >= 4 is 12.2 Å². The average molecular weight is 374 g/mol. The molecule has 1 aromatic heterocycles. The number of methoxy groups -OCH3 is 1. The van der Waals surface area contributed by atoms with Crippen molar-refractivity contribution in [1.82, 2.24) is 9.97 Å². The van der Waals surface area contributed by atoms with Crippen LogP contribution in [0.1, 0.15) is 16.7 Å². The number of aromatic nitrogens is 2. The second kappa shape index (κ2) is 8.62. The van der Waals surface area contributed by atoms with E-state index in [0.717, 1.165) is 11.1 Å². The Kier molecular flexibility index (Phi) is 5.79. The molecular formula is C20H18N6O2. The first kappa shape index (κ1) is 18.8. The molecule has 28 heavy (non-hydrogen) atoms. The normalized spacial score (nSPS) is 10.6. The highest BCUT2D eigenvalue weighted by Gasteiger charge is 2.12. The summed E-state index contributed by atoms with van der Waals surface area (Å²) in [5.74, 6) is 0.838. The fourth-order valence-electron chi connectivity index (χ4n) is 2.64. The molecular weight excluding hydrogens is 356 g/mol. The molecule has 0 atom stereocenters. The van der Waals surface area contributed by atoms with Crippen molar-refractivity contribution in [3.8, 4) is 23.1 Å². The number of benzene rings is 2. The van der Waals surface area contributed by atoms with Gasteiger partial charge in [-0.15, -0.1) is 0 Å². The molecule has 0 radical (unpaired) electrons. The van der Waals surface area contributed by atoms with Crippen molar-refractivity contribution < 1.29 is 4.74 Å². The molecule has 0 aliphatic rings. The van der Waals surface area contributed by atoms with Crippen LogP contribution in [0.25, 0.3) is 11.3 Å². The molecule has 3 rings (SSSR count). The summed E-state index contributed by atoms with van der Waals surface area (Å²) in [5.41, 5.74) is 10.4. The molecule has 0 spiro atoms. The molecule has 0 saturated heterocycles. The van der Waals surface area contributed by atoms with Crippen molar-refractivity contribution in [2.75, 3.05) is 12.5 Å². The Labute approximate surface area is 161 Å². The van der Waals surface area contributed by atoms with Gasteiger partial charge in [0.1, 0.15) is 17.4 Å². The number of H-pyrrole nitrogens is 1. The highest BCUT2D eigenvalue weighted by atomic mass is 16.5. The second-order valence-electron chi connectivity index (χ2n) is 5.76. The third-order valence-corrected chi connectivity index (χ3v) is 3.99. The predicted octanol–water partition coefficient (Wildman–Crippen LogP) is 2.22. The van der Waals surface area contributed by atoms with Crippen LogP contribution in [0, 0.1) is 11.3 Å². The Bertz CT molecular complexity index is 1100. The van der Waals surface area contributed by atoms with Crippen molar-refractivity contribution in [2.45, 2.75) is 6.54 Å². The van der Waals surface area contributed by atoms with E-state index in [0.29, 0.717) is 23.6 Å². The van der Waals surface area contributed by atoms with Crippen LogP contribution in [-0.2, 0) is 6.54 Å². The fourth-order valence-corrected chi connectivity index (χ4v) is 2.64. The maximum atomic E-state index is 12.2. The number of hydrogen-bond donors (Lipinski definition) is 3. The van der Waals surface area contributed by atoms with Gasteiger partial charge in [0.15, 0.2) is 0 Å². The predicted molar refractivity (Wildman–Crippen MR) is 107 cm³/mol. The van der Waals surface area contributed by atoms with Gasteiger partial charge in [-0.25, -0.2) is 10.4 Å². The number of nitrogens with two attached hydrogens (primary N) is 1. The standard InChI is InChI=1S/C20H18N6O2/c1-28-17-8-7-13(9-15(17)10-21)12-23-26-20-24-18(14-5-3-2-4-6-14)16(11-22)19(27)25-20/h2-9,12H,10,21H2,1H3,(H2,24,25,26,27). The molecule has 0 unspecified atom stereocenters. The minimum absolute atomic E-state index is 0.0523. The van der Waals surface area contributed by atoms with E-state index in [1.54, 1.807) is 31.5 Å². The summed E-state index contributed by atoms with van der Waals surface area (Å²) in [6.45, 7) is 0.337. The monoisotopic (exact) mass is 374 g/mol. The van der Waals surface area contributed by atoms with Gasteiger partial charge in [0, 0.05) is 17.7 Å². The number of hydrazone groups is 1. The molecule has 0 aliphatic carbocycles. The minimum Gasteiger partial charge on any atom is -0.496 e. The molecule has 1 heterocycles. The van der Waals surface area contributed by atoms with E-state index in [2.05, 4.69) is 20.5 Å². The van der Waals surface area contributed by atoms with Gasteiger partial charge in [-0.05, 0) is 23.8 Å². The van der Waals surface area contributed by atoms with Gasteiger partial charge >= 0.3 is 0 Å². The van der Waals surface area contributed by atoms with Gasteiger partial charge in [0.25, 0.3) is 5.56 Å². The van der Waals surface area contributed by atoms with Crippen LogP contribution in [0.2, 0.25) is 0 Å². The van der Waals surface area contributed by atoms with Gasteiger partial charge in [0.05, 0.1) is 19.0 Å². The van der Waals surface area contributed by atoms with Crippen LogP contribution in [0.4, 0.5) is 5.95 Å². The van der Waals surface area contributed by atoms with E-state index in [1.165, 1.54) is 0 Å². The fraction of sp³-hybridized carbons (Fsp3) is 0.100. The average Bonchev–Trinajstić information content (AvgIpc) is 2.73. The van der Waals surface area contributed by atoms with Crippen molar-refractivity contribution in [2.24, 2.45) is 10.8 Å². The Morgan fingerprint density at radius 1 is 1.32 bits per heavy atom. The largest absolute Gasteiger partial charge is 0.496 e. The summed E-state index contributed by atoms with van der Waals surface area (Å²) in [7, 11) is 1.58. The van der Waals surface area contributed by atoms with Crippen LogP contribution in [0.15, 0.2) is 58.4 Å². The molecule has 140 valence electrons. The summed E-state index contributed by atoms with van der Waals surface area (Å²) in [6, 6.07) is 16.4.